The van der Waals surface area contributed by atoms with Crippen molar-refractivity contribution in [2.75, 3.05) is 6.54 Å². The smallest absolute Gasteiger partial charge is 0.0827 e. The lowest BCUT2D eigenvalue weighted by atomic mass is 9.88. The average Bonchev–Trinajstić information content (AvgIpc) is 2.12. The van der Waals surface area contributed by atoms with Gasteiger partial charge in [-0.15, -0.1) is 0 Å². The lowest BCUT2D eigenvalue weighted by molar-refractivity contribution is 0.336. The lowest BCUT2D eigenvalue weighted by Gasteiger charge is -2.22. The maximum Gasteiger partial charge on any atom is 0.0827 e. The molecule has 0 bridgehead atoms. The second kappa shape index (κ2) is 2.60. The van der Waals surface area contributed by atoms with Crippen LogP contribution in [0.25, 0.3) is 0 Å². The molecular weight excluding hydrogens is 124 g/mol. The molecule has 0 aromatic rings. The molecule has 1 unspecified atom stereocenters. The van der Waals surface area contributed by atoms with Gasteiger partial charge < -0.3 is 5.32 Å². The molecule has 10 heavy (non-hydrogen) atoms. The van der Waals surface area contributed by atoms with Crippen molar-refractivity contribution in [1.82, 2.24) is 5.32 Å². The van der Waals surface area contributed by atoms with Gasteiger partial charge in [0.05, 0.1) is 12.9 Å². The van der Waals surface area contributed by atoms with Crippen molar-refractivity contribution < 1.29 is 0 Å². The van der Waals surface area contributed by atoms with Crippen molar-refractivity contribution in [2.24, 2.45) is 10.4 Å². The summed E-state index contributed by atoms with van der Waals surface area (Å²) in [5.41, 5.74) is 0.422. The topological polar surface area (TPSA) is 24.4 Å². The molecule has 1 aliphatic heterocycles. The average molecular weight is 140 g/mol. The largest absolute Gasteiger partial charge is 0.372 e. The summed E-state index contributed by atoms with van der Waals surface area (Å²) >= 11 is 0. The minimum absolute atomic E-state index is 0.422. The fourth-order valence-electron chi connectivity index (χ4n) is 1.25. The van der Waals surface area contributed by atoms with Crippen LogP contribution in [-0.2, 0) is 0 Å². The summed E-state index contributed by atoms with van der Waals surface area (Å²) in [6.07, 6.45) is 3.02. The Kier molecular flexibility index (Phi) is 1.97. The number of nitrogens with zero attached hydrogens (tertiary/aromatic N) is 1. The van der Waals surface area contributed by atoms with Gasteiger partial charge in [0, 0.05) is 6.04 Å². The molecule has 0 spiro atoms. The van der Waals surface area contributed by atoms with E-state index >= 15 is 0 Å². The van der Waals surface area contributed by atoms with Crippen molar-refractivity contribution in [3.63, 3.8) is 0 Å². The SMILES string of the molecule is CC(C)(C)CC1CN=CN1. The molecule has 0 saturated carbocycles. The normalized spacial score (nSPS) is 24.9. The van der Waals surface area contributed by atoms with Crippen molar-refractivity contribution >= 4 is 6.34 Å². The van der Waals surface area contributed by atoms with Gasteiger partial charge in [-0.1, -0.05) is 20.8 Å². The predicted octanol–water partition coefficient (Wildman–Crippen LogP) is 1.42. The molecule has 2 heteroatoms. The van der Waals surface area contributed by atoms with E-state index in [1.165, 1.54) is 6.42 Å². The zero-order valence-electron chi connectivity index (χ0n) is 7.02. The van der Waals surface area contributed by atoms with Gasteiger partial charge in [0.15, 0.2) is 0 Å². The number of rotatable bonds is 1. The summed E-state index contributed by atoms with van der Waals surface area (Å²) in [5.74, 6) is 0. The summed E-state index contributed by atoms with van der Waals surface area (Å²) in [7, 11) is 0. The first kappa shape index (κ1) is 7.58. The third-order valence-corrected chi connectivity index (χ3v) is 1.59. The first-order chi connectivity index (χ1) is 4.58. The van der Waals surface area contributed by atoms with Crippen LogP contribution in [0.3, 0.4) is 0 Å². The second-order valence-corrected chi connectivity index (χ2v) is 4.12. The highest BCUT2D eigenvalue weighted by molar-refractivity contribution is 5.57. The molecule has 0 aromatic heterocycles. The van der Waals surface area contributed by atoms with Crippen LogP contribution >= 0.6 is 0 Å². The van der Waals surface area contributed by atoms with E-state index in [-0.39, 0.29) is 0 Å². The van der Waals surface area contributed by atoms with Crippen LogP contribution in [-0.4, -0.2) is 18.9 Å². The molecule has 0 aromatic carbocycles. The lowest BCUT2D eigenvalue weighted by Crippen LogP contribution is -2.29. The maximum absolute atomic E-state index is 4.11. The summed E-state index contributed by atoms with van der Waals surface area (Å²) in [4.78, 5) is 4.11. The molecule has 1 atom stereocenters. The zero-order valence-corrected chi connectivity index (χ0v) is 7.02. The Bertz CT molecular complexity index is 125. The molecule has 1 rings (SSSR count). The molecule has 0 radical (unpaired) electrons. The zero-order chi connectivity index (χ0) is 7.61. The van der Waals surface area contributed by atoms with E-state index in [0.29, 0.717) is 11.5 Å². The van der Waals surface area contributed by atoms with Gasteiger partial charge >= 0.3 is 0 Å². The Morgan fingerprint density at radius 1 is 1.60 bits per heavy atom. The van der Waals surface area contributed by atoms with E-state index in [4.69, 9.17) is 0 Å². The van der Waals surface area contributed by atoms with Gasteiger partial charge in [-0.05, 0) is 11.8 Å². The summed E-state index contributed by atoms with van der Waals surface area (Å²) in [5, 5.41) is 3.22. The Morgan fingerprint density at radius 3 is 2.70 bits per heavy atom. The molecule has 1 heterocycles. The van der Waals surface area contributed by atoms with Gasteiger partial charge in [0.2, 0.25) is 0 Å². The van der Waals surface area contributed by atoms with E-state index in [9.17, 15) is 0 Å². The van der Waals surface area contributed by atoms with E-state index in [0.717, 1.165) is 6.54 Å². The molecule has 0 aliphatic carbocycles. The van der Waals surface area contributed by atoms with Crippen LogP contribution < -0.4 is 5.32 Å². The highest BCUT2D eigenvalue weighted by Gasteiger charge is 2.18. The minimum Gasteiger partial charge on any atom is -0.372 e. The minimum atomic E-state index is 0.422. The maximum atomic E-state index is 4.11. The van der Waals surface area contributed by atoms with Crippen LogP contribution in [0.5, 0.6) is 0 Å². The molecule has 1 aliphatic rings. The number of nitrogens with one attached hydrogen (secondary N) is 1. The number of aliphatic imine (C=N–C) groups is 1. The Balaban J connectivity index is 2.26. The first-order valence-corrected chi connectivity index (χ1v) is 3.82. The molecule has 1 N–H and O–H groups in total. The van der Waals surface area contributed by atoms with Gasteiger partial charge in [-0.2, -0.15) is 0 Å². The molecule has 58 valence electrons. The van der Waals surface area contributed by atoms with E-state index in [1.807, 2.05) is 6.34 Å². The first-order valence-electron chi connectivity index (χ1n) is 3.82. The number of hydrogen-bond acceptors (Lipinski definition) is 2. The predicted molar refractivity (Wildman–Crippen MR) is 44.4 cm³/mol. The van der Waals surface area contributed by atoms with Crippen LogP contribution in [0.2, 0.25) is 0 Å². The molecule has 0 saturated heterocycles. The van der Waals surface area contributed by atoms with Crippen LogP contribution in [0.15, 0.2) is 4.99 Å². The fraction of sp³-hybridized carbons (Fsp3) is 0.875. The molecule has 0 fully saturated rings. The van der Waals surface area contributed by atoms with Gasteiger partial charge in [0.1, 0.15) is 0 Å². The van der Waals surface area contributed by atoms with E-state index in [1.54, 1.807) is 0 Å². The highest BCUT2D eigenvalue weighted by Crippen LogP contribution is 2.21. The van der Waals surface area contributed by atoms with Crippen LogP contribution in [0, 0.1) is 5.41 Å². The molecular formula is C8H16N2. The van der Waals surface area contributed by atoms with E-state index < -0.39 is 0 Å². The Hall–Kier alpha value is -0.530. The van der Waals surface area contributed by atoms with Crippen molar-refractivity contribution in [3.05, 3.63) is 0 Å². The third kappa shape index (κ3) is 2.38. The monoisotopic (exact) mass is 140 g/mol. The number of hydrogen-bond donors (Lipinski definition) is 1. The summed E-state index contributed by atoms with van der Waals surface area (Å²) in [6.45, 7) is 7.73. The Morgan fingerprint density at radius 2 is 2.30 bits per heavy atom. The fourth-order valence-corrected chi connectivity index (χ4v) is 1.25. The van der Waals surface area contributed by atoms with Crippen molar-refractivity contribution in [3.8, 4) is 0 Å². The van der Waals surface area contributed by atoms with Crippen molar-refractivity contribution in [1.29, 1.82) is 0 Å². The van der Waals surface area contributed by atoms with Gasteiger partial charge in [0.25, 0.3) is 0 Å². The van der Waals surface area contributed by atoms with Crippen LogP contribution in [0.1, 0.15) is 27.2 Å². The highest BCUT2D eigenvalue weighted by atomic mass is 15.1. The second-order valence-electron chi connectivity index (χ2n) is 4.12. The standard InChI is InChI=1S/C8H16N2/c1-8(2,3)4-7-5-9-6-10-7/h6-7H,4-5H2,1-3H3,(H,9,10). The van der Waals surface area contributed by atoms with Gasteiger partial charge in [-0.25, -0.2) is 0 Å². The third-order valence-electron chi connectivity index (χ3n) is 1.59. The van der Waals surface area contributed by atoms with Crippen molar-refractivity contribution in [2.45, 2.75) is 33.2 Å². The quantitative estimate of drug-likeness (QED) is 0.585. The van der Waals surface area contributed by atoms with E-state index in [2.05, 4.69) is 31.1 Å². The summed E-state index contributed by atoms with van der Waals surface area (Å²) in [6, 6.07) is 0.583. The van der Waals surface area contributed by atoms with Crippen LogP contribution in [0.4, 0.5) is 0 Å². The summed E-state index contributed by atoms with van der Waals surface area (Å²) < 4.78 is 0. The molecule has 2 nitrogen and oxygen atoms in total. The molecule has 0 amide bonds. The van der Waals surface area contributed by atoms with Gasteiger partial charge in [-0.3, -0.25) is 4.99 Å². The Labute approximate surface area is 62.7 Å².